The van der Waals surface area contributed by atoms with Crippen molar-refractivity contribution < 1.29 is 4.39 Å². The van der Waals surface area contributed by atoms with Gasteiger partial charge in [0, 0.05) is 12.6 Å². The molecule has 1 saturated carbocycles. The fourth-order valence-corrected chi connectivity index (χ4v) is 3.18. The molecule has 1 N–H and O–H groups in total. The Balaban J connectivity index is 1.89. The summed E-state index contributed by atoms with van der Waals surface area (Å²) in [6.07, 6.45) is 8.03. The minimum atomic E-state index is -0.0926. The summed E-state index contributed by atoms with van der Waals surface area (Å²) < 4.78 is 13.5. The summed E-state index contributed by atoms with van der Waals surface area (Å²) in [7, 11) is 0. The third kappa shape index (κ3) is 4.04. The Kier molecular flexibility index (Phi) is 5.38. The van der Waals surface area contributed by atoms with Crippen LogP contribution in [-0.4, -0.2) is 6.04 Å². The molecule has 1 atom stereocenters. The molecule has 0 heterocycles. The van der Waals surface area contributed by atoms with Crippen molar-refractivity contribution in [3.05, 3.63) is 35.1 Å². The summed E-state index contributed by atoms with van der Waals surface area (Å²) in [4.78, 5) is 0. The Hall–Kier alpha value is -0.890. The van der Waals surface area contributed by atoms with Gasteiger partial charge in [0.15, 0.2) is 0 Å². The van der Waals surface area contributed by atoms with Crippen LogP contribution >= 0.6 is 0 Å². The molecule has 2 heteroatoms. The van der Waals surface area contributed by atoms with Crippen molar-refractivity contribution in [3.8, 4) is 0 Å². The van der Waals surface area contributed by atoms with Gasteiger partial charge in [0.05, 0.1) is 0 Å². The van der Waals surface area contributed by atoms with E-state index >= 15 is 0 Å². The van der Waals surface area contributed by atoms with Gasteiger partial charge in [-0.2, -0.15) is 0 Å². The molecule has 2 rings (SSSR count). The normalized spacial score (nSPS) is 18.5. The van der Waals surface area contributed by atoms with Crippen LogP contribution in [0.1, 0.15) is 56.6 Å². The second-order valence-electron chi connectivity index (χ2n) is 5.88. The lowest BCUT2D eigenvalue weighted by Crippen LogP contribution is -2.36. The molecular formula is C17H26FN. The lowest BCUT2D eigenvalue weighted by atomic mass is 9.83. The molecule has 0 aliphatic heterocycles. The third-order valence-corrected chi connectivity index (χ3v) is 4.46. The fourth-order valence-electron chi connectivity index (χ4n) is 3.18. The largest absolute Gasteiger partial charge is 0.310 e. The second-order valence-corrected chi connectivity index (χ2v) is 5.88. The Morgan fingerprint density at radius 3 is 2.63 bits per heavy atom. The second kappa shape index (κ2) is 7.04. The monoisotopic (exact) mass is 263 g/mol. The Morgan fingerprint density at radius 2 is 2.00 bits per heavy atom. The molecule has 106 valence electrons. The van der Waals surface area contributed by atoms with E-state index in [1.807, 2.05) is 19.1 Å². The summed E-state index contributed by atoms with van der Waals surface area (Å²) in [6.45, 7) is 4.84. The van der Waals surface area contributed by atoms with Crippen LogP contribution in [0.4, 0.5) is 4.39 Å². The Morgan fingerprint density at radius 1 is 1.26 bits per heavy atom. The van der Waals surface area contributed by atoms with Gasteiger partial charge in [0.25, 0.3) is 0 Å². The molecule has 0 aromatic heterocycles. The molecule has 19 heavy (non-hydrogen) atoms. The van der Waals surface area contributed by atoms with E-state index in [4.69, 9.17) is 0 Å². The van der Waals surface area contributed by atoms with E-state index in [-0.39, 0.29) is 5.82 Å². The van der Waals surface area contributed by atoms with Crippen LogP contribution in [0.5, 0.6) is 0 Å². The van der Waals surface area contributed by atoms with Gasteiger partial charge in [-0.1, -0.05) is 38.3 Å². The number of nitrogens with one attached hydrogen (secondary N) is 1. The first-order valence-corrected chi connectivity index (χ1v) is 7.69. The van der Waals surface area contributed by atoms with E-state index in [0.29, 0.717) is 6.04 Å². The molecule has 1 aromatic carbocycles. The number of hydrogen-bond donors (Lipinski definition) is 1. The Bertz CT molecular complexity index is 396. The van der Waals surface area contributed by atoms with Crippen molar-refractivity contribution in [1.29, 1.82) is 0 Å². The summed E-state index contributed by atoms with van der Waals surface area (Å²) in [6, 6.07) is 6.15. The van der Waals surface area contributed by atoms with Crippen molar-refractivity contribution in [3.63, 3.8) is 0 Å². The molecule has 1 nitrogen and oxygen atoms in total. The van der Waals surface area contributed by atoms with E-state index in [1.54, 1.807) is 6.07 Å². The highest BCUT2D eigenvalue weighted by Gasteiger charge is 2.21. The van der Waals surface area contributed by atoms with E-state index in [0.717, 1.165) is 23.6 Å². The van der Waals surface area contributed by atoms with E-state index in [9.17, 15) is 4.39 Å². The van der Waals surface area contributed by atoms with E-state index < -0.39 is 0 Å². The lowest BCUT2D eigenvalue weighted by molar-refractivity contribution is 0.261. The van der Waals surface area contributed by atoms with E-state index in [2.05, 4.69) is 12.2 Å². The average Bonchev–Trinajstić information content (AvgIpc) is 2.44. The summed E-state index contributed by atoms with van der Waals surface area (Å²) in [5.74, 6) is 0.721. The van der Waals surface area contributed by atoms with Gasteiger partial charge in [-0.25, -0.2) is 4.39 Å². The molecule has 1 aromatic rings. The molecule has 1 fully saturated rings. The van der Waals surface area contributed by atoms with Crippen molar-refractivity contribution in [2.45, 2.75) is 65.0 Å². The smallest absolute Gasteiger partial charge is 0.126 e. The van der Waals surface area contributed by atoms with Gasteiger partial charge < -0.3 is 5.32 Å². The number of rotatable bonds is 5. The molecule has 1 aliphatic rings. The first-order valence-electron chi connectivity index (χ1n) is 7.69. The third-order valence-electron chi connectivity index (χ3n) is 4.46. The van der Waals surface area contributed by atoms with Crippen LogP contribution in [-0.2, 0) is 6.54 Å². The number of halogens is 1. The number of hydrogen-bond acceptors (Lipinski definition) is 1. The maximum Gasteiger partial charge on any atom is 0.126 e. The maximum absolute atomic E-state index is 13.5. The molecule has 0 radical (unpaired) electrons. The van der Waals surface area contributed by atoms with Crippen molar-refractivity contribution in [1.82, 2.24) is 5.32 Å². The molecule has 0 bridgehead atoms. The minimum absolute atomic E-state index is 0.0926. The summed E-state index contributed by atoms with van der Waals surface area (Å²) in [5.41, 5.74) is 1.78. The highest BCUT2D eigenvalue weighted by Crippen LogP contribution is 2.27. The zero-order chi connectivity index (χ0) is 13.7. The van der Waals surface area contributed by atoms with Gasteiger partial charge in [0.2, 0.25) is 0 Å². The number of aryl methyl sites for hydroxylation is 1. The fraction of sp³-hybridized carbons (Fsp3) is 0.647. The van der Waals surface area contributed by atoms with Gasteiger partial charge >= 0.3 is 0 Å². The predicted molar refractivity (Wildman–Crippen MR) is 78.6 cm³/mol. The quantitative estimate of drug-likeness (QED) is 0.819. The molecule has 0 amide bonds. The van der Waals surface area contributed by atoms with Gasteiger partial charge in [-0.05, 0) is 49.3 Å². The van der Waals surface area contributed by atoms with Gasteiger partial charge in [-0.15, -0.1) is 0 Å². The van der Waals surface area contributed by atoms with Crippen molar-refractivity contribution >= 4 is 0 Å². The topological polar surface area (TPSA) is 12.0 Å². The molecule has 0 saturated heterocycles. The van der Waals surface area contributed by atoms with Crippen LogP contribution in [0.2, 0.25) is 0 Å². The van der Waals surface area contributed by atoms with Crippen LogP contribution in [0.25, 0.3) is 0 Å². The summed E-state index contributed by atoms with van der Waals surface area (Å²) in [5, 5.41) is 3.64. The molecule has 0 spiro atoms. The van der Waals surface area contributed by atoms with Crippen molar-refractivity contribution in [2.24, 2.45) is 5.92 Å². The zero-order valence-electron chi connectivity index (χ0n) is 12.2. The van der Waals surface area contributed by atoms with Crippen molar-refractivity contribution in [2.75, 3.05) is 0 Å². The minimum Gasteiger partial charge on any atom is -0.310 e. The molecule has 1 aliphatic carbocycles. The highest BCUT2D eigenvalue weighted by atomic mass is 19.1. The Labute approximate surface area is 116 Å². The van der Waals surface area contributed by atoms with Crippen LogP contribution < -0.4 is 5.32 Å². The van der Waals surface area contributed by atoms with Crippen LogP contribution in [0, 0.1) is 18.7 Å². The maximum atomic E-state index is 13.5. The zero-order valence-corrected chi connectivity index (χ0v) is 12.2. The number of benzene rings is 1. The van der Waals surface area contributed by atoms with Gasteiger partial charge in [-0.3, -0.25) is 0 Å². The first kappa shape index (κ1) is 14.5. The lowest BCUT2D eigenvalue weighted by Gasteiger charge is -2.30. The van der Waals surface area contributed by atoms with E-state index in [1.165, 1.54) is 38.5 Å². The van der Waals surface area contributed by atoms with Gasteiger partial charge in [0.1, 0.15) is 5.82 Å². The predicted octanol–water partition coefficient (Wildman–Crippen LogP) is 4.58. The molecule has 1 unspecified atom stereocenters. The highest BCUT2D eigenvalue weighted by molar-refractivity contribution is 5.23. The van der Waals surface area contributed by atoms with Crippen LogP contribution in [0.15, 0.2) is 18.2 Å². The standard InChI is InChI=1S/C17H26FN/c1-3-17(15-7-5-4-6-8-15)19-12-14-10-9-13(2)16(18)11-14/h9-11,15,17,19H,3-8,12H2,1-2H3. The average molecular weight is 263 g/mol. The summed E-state index contributed by atoms with van der Waals surface area (Å²) >= 11 is 0. The first-order chi connectivity index (χ1) is 9.20. The molecular weight excluding hydrogens is 237 g/mol. The SMILES string of the molecule is CCC(NCc1ccc(C)c(F)c1)C1CCCCC1. The van der Waals surface area contributed by atoms with Crippen LogP contribution in [0.3, 0.4) is 0 Å².